The van der Waals surface area contributed by atoms with Crippen molar-refractivity contribution in [1.29, 1.82) is 0 Å². The van der Waals surface area contributed by atoms with Crippen LogP contribution in [0, 0.1) is 6.92 Å². The molecule has 0 saturated carbocycles. The number of aromatic nitrogens is 1. The van der Waals surface area contributed by atoms with Gasteiger partial charge < -0.3 is 0 Å². The Kier molecular flexibility index (Phi) is 3.59. The summed E-state index contributed by atoms with van der Waals surface area (Å²) in [7, 11) is -3.65. The van der Waals surface area contributed by atoms with Gasteiger partial charge in [-0.1, -0.05) is 35.4 Å². The molecule has 0 bridgehead atoms. The van der Waals surface area contributed by atoms with Gasteiger partial charge in [-0.2, -0.15) is 0 Å². The molecule has 0 atom stereocenters. The van der Waals surface area contributed by atoms with E-state index in [4.69, 9.17) is 11.6 Å². The molecular formula is C15H11BrClNO2S. The Labute approximate surface area is 136 Å². The zero-order chi connectivity index (χ0) is 15.2. The van der Waals surface area contributed by atoms with Gasteiger partial charge >= 0.3 is 0 Å². The van der Waals surface area contributed by atoms with Crippen LogP contribution in [0.25, 0.3) is 10.9 Å². The quantitative estimate of drug-likeness (QED) is 0.647. The first kappa shape index (κ1) is 14.6. The molecule has 6 heteroatoms. The smallest absolute Gasteiger partial charge is 0.240 e. The lowest BCUT2D eigenvalue weighted by Crippen LogP contribution is -2.11. The van der Waals surface area contributed by atoms with Gasteiger partial charge in [-0.15, -0.1) is 0 Å². The van der Waals surface area contributed by atoms with Gasteiger partial charge in [-0.3, -0.25) is 0 Å². The van der Waals surface area contributed by atoms with Crippen LogP contribution in [-0.2, 0) is 10.0 Å². The first-order valence-electron chi connectivity index (χ1n) is 6.18. The van der Waals surface area contributed by atoms with Crippen LogP contribution in [0.5, 0.6) is 0 Å². The Morgan fingerprint density at radius 3 is 2.43 bits per heavy atom. The predicted molar refractivity (Wildman–Crippen MR) is 88.4 cm³/mol. The molecule has 0 unspecified atom stereocenters. The summed E-state index contributed by atoms with van der Waals surface area (Å²) in [6.07, 6.45) is 1.53. The van der Waals surface area contributed by atoms with Crippen LogP contribution < -0.4 is 0 Å². The Morgan fingerprint density at radius 2 is 1.76 bits per heavy atom. The Morgan fingerprint density at radius 1 is 1.10 bits per heavy atom. The molecule has 2 aromatic carbocycles. The van der Waals surface area contributed by atoms with Crippen LogP contribution in [0.1, 0.15) is 5.56 Å². The molecule has 0 aliphatic heterocycles. The van der Waals surface area contributed by atoms with E-state index in [9.17, 15) is 8.42 Å². The van der Waals surface area contributed by atoms with Crippen molar-refractivity contribution in [2.24, 2.45) is 0 Å². The van der Waals surface area contributed by atoms with E-state index in [1.807, 2.05) is 6.92 Å². The highest BCUT2D eigenvalue weighted by molar-refractivity contribution is 9.10. The first-order chi connectivity index (χ1) is 9.91. The molecule has 1 heterocycles. The minimum atomic E-state index is -3.65. The van der Waals surface area contributed by atoms with Crippen LogP contribution in [-0.4, -0.2) is 12.4 Å². The zero-order valence-corrected chi connectivity index (χ0v) is 14.2. The highest BCUT2D eigenvalue weighted by Gasteiger charge is 2.21. The number of benzene rings is 2. The molecule has 0 amide bonds. The van der Waals surface area contributed by atoms with Crippen LogP contribution in [0.4, 0.5) is 0 Å². The van der Waals surface area contributed by atoms with Crippen LogP contribution in [0.15, 0.2) is 58.0 Å². The molecule has 0 spiro atoms. The average molecular weight is 385 g/mol. The SMILES string of the molecule is Cc1ccc(S(=O)(=O)n2cc(Br)c3c(Cl)cccc32)cc1. The number of hydrogen-bond donors (Lipinski definition) is 0. The topological polar surface area (TPSA) is 39.1 Å². The highest BCUT2D eigenvalue weighted by Crippen LogP contribution is 2.34. The average Bonchev–Trinajstić information content (AvgIpc) is 2.79. The minimum Gasteiger partial charge on any atom is -0.240 e. The summed E-state index contributed by atoms with van der Waals surface area (Å²) in [6, 6.07) is 12.0. The molecule has 0 aliphatic rings. The van der Waals surface area contributed by atoms with Gasteiger partial charge in [0.1, 0.15) is 0 Å². The van der Waals surface area contributed by atoms with Crippen LogP contribution in [0.3, 0.4) is 0 Å². The number of nitrogens with zero attached hydrogens (tertiary/aromatic N) is 1. The van der Waals surface area contributed by atoms with E-state index in [0.29, 0.717) is 20.4 Å². The second-order valence-electron chi connectivity index (χ2n) is 4.72. The predicted octanol–water partition coefficient (Wildman–Crippen LogP) is 4.60. The molecular weight excluding hydrogens is 374 g/mol. The number of halogens is 2. The Hall–Kier alpha value is -1.30. The Balaban J connectivity index is 2.29. The van der Waals surface area contributed by atoms with Crippen molar-refractivity contribution in [2.45, 2.75) is 11.8 Å². The van der Waals surface area contributed by atoms with Gasteiger partial charge in [0.15, 0.2) is 0 Å². The van der Waals surface area contributed by atoms with Gasteiger partial charge in [0, 0.05) is 16.1 Å². The fourth-order valence-corrected chi connectivity index (χ4v) is 4.70. The Bertz CT molecular complexity index is 930. The lowest BCUT2D eigenvalue weighted by molar-refractivity contribution is 0.589. The van der Waals surface area contributed by atoms with E-state index < -0.39 is 10.0 Å². The molecule has 3 rings (SSSR count). The molecule has 1 aromatic heterocycles. The van der Waals surface area contributed by atoms with Gasteiger partial charge in [-0.05, 0) is 47.1 Å². The summed E-state index contributed by atoms with van der Waals surface area (Å²) in [5.41, 5.74) is 1.56. The van der Waals surface area contributed by atoms with Crippen LogP contribution in [0.2, 0.25) is 5.02 Å². The van der Waals surface area contributed by atoms with Crippen molar-refractivity contribution in [3.63, 3.8) is 0 Å². The summed E-state index contributed by atoms with van der Waals surface area (Å²) in [6.45, 7) is 1.91. The second kappa shape index (κ2) is 5.16. The van der Waals surface area contributed by atoms with E-state index >= 15 is 0 Å². The molecule has 3 nitrogen and oxygen atoms in total. The maximum Gasteiger partial charge on any atom is 0.268 e. The van der Waals surface area contributed by atoms with Gasteiger partial charge in [0.05, 0.1) is 15.4 Å². The number of aryl methyl sites for hydroxylation is 1. The fourth-order valence-electron chi connectivity index (χ4n) is 2.19. The molecule has 108 valence electrons. The number of fused-ring (bicyclic) bond motifs is 1. The van der Waals surface area contributed by atoms with Crippen molar-refractivity contribution in [3.05, 3.63) is 63.7 Å². The van der Waals surface area contributed by atoms with Gasteiger partial charge in [0.25, 0.3) is 10.0 Å². The summed E-state index contributed by atoms with van der Waals surface area (Å²) in [5.74, 6) is 0. The van der Waals surface area contributed by atoms with Crippen LogP contribution >= 0.6 is 27.5 Å². The van der Waals surface area contributed by atoms with E-state index in [-0.39, 0.29) is 4.90 Å². The zero-order valence-electron chi connectivity index (χ0n) is 11.0. The highest BCUT2D eigenvalue weighted by atomic mass is 79.9. The van der Waals surface area contributed by atoms with E-state index in [0.717, 1.165) is 5.56 Å². The molecule has 0 aliphatic carbocycles. The third kappa shape index (κ3) is 2.39. The monoisotopic (exact) mass is 383 g/mol. The standard InChI is InChI=1S/C15H11BrClNO2S/c1-10-5-7-11(8-6-10)21(19,20)18-9-12(16)15-13(17)3-2-4-14(15)18/h2-9H,1H3. The molecule has 0 radical (unpaired) electrons. The van der Waals surface area contributed by atoms with Crippen molar-refractivity contribution in [3.8, 4) is 0 Å². The molecule has 21 heavy (non-hydrogen) atoms. The van der Waals surface area contributed by atoms with Crippen molar-refractivity contribution < 1.29 is 8.42 Å². The van der Waals surface area contributed by atoms with Gasteiger partial charge in [0.2, 0.25) is 0 Å². The molecule has 0 fully saturated rings. The summed E-state index contributed by atoms with van der Waals surface area (Å²) in [5, 5.41) is 1.20. The minimum absolute atomic E-state index is 0.248. The molecule has 0 N–H and O–H groups in total. The normalized spacial score (nSPS) is 12.0. The third-order valence-corrected chi connectivity index (χ3v) is 5.88. The van der Waals surface area contributed by atoms with E-state index in [1.165, 1.54) is 10.2 Å². The van der Waals surface area contributed by atoms with Crippen molar-refractivity contribution >= 4 is 48.5 Å². The summed E-state index contributed by atoms with van der Waals surface area (Å²) >= 11 is 9.53. The fraction of sp³-hybridized carbons (Fsp3) is 0.0667. The second-order valence-corrected chi connectivity index (χ2v) is 7.80. The van der Waals surface area contributed by atoms with E-state index in [1.54, 1.807) is 42.5 Å². The lowest BCUT2D eigenvalue weighted by Gasteiger charge is -2.08. The summed E-state index contributed by atoms with van der Waals surface area (Å²) in [4.78, 5) is 0.248. The first-order valence-corrected chi connectivity index (χ1v) is 8.79. The maximum atomic E-state index is 12.8. The van der Waals surface area contributed by atoms with Crippen molar-refractivity contribution in [2.75, 3.05) is 0 Å². The van der Waals surface area contributed by atoms with Gasteiger partial charge in [-0.25, -0.2) is 12.4 Å². The largest absolute Gasteiger partial charge is 0.268 e. The summed E-state index contributed by atoms with van der Waals surface area (Å²) < 4.78 is 27.5. The van der Waals surface area contributed by atoms with Crippen molar-refractivity contribution in [1.82, 2.24) is 3.97 Å². The molecule has 3 aromatic rings. The van der Waals surface area contributed by atoms with E-state index in [2.05, 4.69) is 15.9 Å². The third-order valence-electron chi connectivity index (χ3n) is 3.28. The maximum absolute atomic E-state index is 12.8. The number of hydrogen-bond acceptors (Lipinski definition) is 2. The molecule has 0 saturated heterocycles. The number of rotatable bonds is 2. The lowest BCUT2D eigenvalue weighted by atomic mass is 10.2.